The Morgan fingerprint density at radius 2 is 1.04 bits per heavy atom. The van der Waals surface area contributed by atoms with Crippen LogP contribution in [0.3, 0.4) is 0 Å². The summed E-state index contributed by atoms with van der Waals surface area (Å²) in [6.45, 7) is 8.74. The van der Waals surface area contributed by atoms with Crippen molar-refractivity contribution in [2.45, 2.75) is 91.9 Å². The molecule has 7 heteroatoms. The molecule has 0 saturated heterocycles. The molecule has 0 fully saturated rings. The molecule has 7 aromatic carbocycles. The molecule has 0 aliphatic rings. The molecule has 5 nitrogen and oxygen atoms in total. The van der Waals surface area contributed by atoms with Gasteiger partial charge < -0.3 is 14.9 Å². The number of aliphatic carboxylic acids is 1. The van der Waals surface area contributed by atoms with Crippen LogP contribution in [0.25, 0.3) is 47.8 Å². The Balaban J connectivity index is 1.31. The molecule has 0 bridgehead atoms. The number of hydrogen-bond donors (Lipinski definition) is 1. The third-order valence-electron chi connectivity index (χ3n) is 13.4. The summed E-state index contributed by atoms with van der Waals surface area (Å²) in [7, 11) is 0. The Morgan fingerprint density at radius 1 is 0.549 bits per heavy atom. The highest BCUT2D eigenvalue weighted by atomic mass is 32.1. The molecule has 0 unspecified atom stereocenters. The minimum Gasteiger partial charge on any atom is -0.477 e. The van der Waals surface area contributed by atoms with E-state index in [-0.39, 0.29) is 5.57 Å². The van der Waals surface area contributed by atoms with E-state index in [0.717, 1.165) is 128 Å². The number of hydrogen-bond acceptors (Lipinski definition) is 6. The van der Waals surface area contributed by atoms with Gasteiger partial charge in [0.05, 0.1) is 11.4 Å². The van der Waals surface area contributed by atoms with Crippen LogP contribution < -0.4 is 9.80 Å². The smallest absolute Gasteiger partial charge is 0.346 e. The van der Waals surface area contributed by atoms with Gasteiger partial charge in [0.15, 0.2) is 0 Å². The molecule has 9 rings (SSSR count). The molecule has 71 heavy (non-hydrogen) atoms. The Bertz CT molecular complexity index is 3220. The number of nitriles is 1. The Morgan fingerprint density at radius 3 is 1.55 bits per heavy atom. The summed E-state index contributed by atoms with van der Waals surface area (Å²) >= 11 is 3.44. The van der Waals surface area contributed by atoms with Crippen molar-refractivity contribution in [3.8, 4) is 26.3 Å². The number of unbranched alkanes of at least 4 members (excludes halogenated alkanes) is 6. The number of thiophene rings is 2. The summed E-state index contributed by atoms with van der Waals surface area (Å²) in [5, 5.41) is 24.5. The molecular weight excluding hydrogens is 907 g/mol. The second-order valence-electron chi connectivity index (χ2n) is 18.6. The van der Waals surface area contributed by atoms with E-state index in [4.69, 9.17) is 0 Å². The van der Waals surface area contributed by atoms with Crippen molar-refractivity contribution >= 4 is 90.4 Å². The van der Waals surface area contributed by atoms with Gasteiger partial charge in [0.2, 0.25) is 0 Å². The summed E-state index contributed by atoms with van der Waals surface area (Å²) < 4.78 is 0. The van der Waals surface area contributed by atoms with Gasteiger partial charge in [-0.3, -0.25) is 0 Å². The lowest BCUT2D eigenvalue weighted by Gasteiger charge is -2.31. The lowest BCUT2D eigenvalue weighted by molar-refractivity contribution is -0.132. The average Bonchev–Trinajstić information content (AvgIpc) is 4.01. The second kappa shape index (κ2) is 22.7. The SMILES string of the molecule is CCCCCCc1cc(-c2sc(-c3cc(N(c4ccc(C)cc4)c4cccc5ccccc45)cc(N(c4ccc(C)cc4)c4cccc5ccccc45)c3)cc2CCCCCC)sc1/C=C(/C#N)C(=O)O. The highest BCUT2D eigenvalue weighted by Gasteiger charge is 2.24. The zero-order valence-corrected chi connectivity index (χ0v) is 42.9. The zero-order chi connectivity index (χ0) is 49.3. The van der Waals surface area contributed by atoms with Crippen LogP contribution in [-0.2, 0) is 17.6 Å². The van der Waals surface area contributed by atoms with Gasteiger partial charge in [-0.1, -0.05) is 161 Å². The molecule has 0 aliphatic carbocycles. The van der Waals surface area contributed by atoms with Crippen LogP contribution in [0.4, 0.5) is 34.1 Å². The monoisotopic (exact) mass is 967 g/mol. The summed E-state index contributed by atoms with van der Waals surface area (Å²) in [6.07, 6.45) is 12.3. The summed E-state index contributed by atoms with van der Waals surface area (Å²) in [5.41, 5.74) is 12.0. The highest BCUT2D eigenvalue weighted by Crippen LogP contribution is 2.49. The number of nitrogens with zero attached hydrogens (tertiary/aromatic N) is 3. The Hall–Kier alpha value is -7.24. The van der Waals surface area contributed by atoms with Crippen molar-refractivity contribution in [1.82, 2.24) is 0 Å². The van der Waals surface area contributed by atoms with Gasteiger partial charge in [0, 0.05) is 53.0 Å². The summed E-state index contributed by atoms with van der Waals surface area (Å²) in [4.78, 5) is 21.4. The van der Waals surface area contributed by atoms with Gasteiger partial charge >= 0.3 is 5.97 Å². The quantitative estimate of drug-likeness (QED) is 0.0468. The highest BCUT2D eigenvalue weighted by molar-refractivity contribution is 7.24. The molecule has 0 saturated carbocycles. The number of carboxylic acid groups (broad SMARTS) is 1. The fourth-order valence-electron chi connectivity index (χ4n) is 9.64. The maximum atomic E-state index is 12.2. The summed E-state index contributed by atoms with van der Waals surface area (Å²) in [5.74, 6) is -1.20. The van der Waals surface area contributed by atoms with E-state index in [1.807, 2.05) is 17.4 Å². The number of benzene rings is 7. The van der Waals surface area contributed by atoms with Gasteiger partial charge in [-0.05, 0) is 140 Å². The van der Waals surface area contributed by atoms with Crippen LogP contribution >= 0.6 is 22.7 Å². The van der Waals surface area contributed by atoms with Crippen LogP contribution in [0.1, 0.15) is 92.3 Å². The molecule has 2 heterocycles. The van der Waals surface area contributed by atoms with Crippen molar-refractivity contribution in [3.05, 3.63) is 196 Å². The van der Waals surface area contributed by atoms with E-state index >= 15 is 0 Å². The molecule has 2 aromatic heterocycles. The third kappa shape index (κ3) is 11.1. The van der Waals surface area contributed by atoms with Crippen molar-refractivity contribution in [2.75, 3.05) is 9.80 Å². The third-order valence-corrected chi connectivity index (χ3v) is 15.9. The zero-order valence-electron chi connectivity index (χ0n) is 41.3. The maximum Gasteiger partial charge on any atom is 0.346 e. The molecule has 0 spiro atoms. The van der Waals surface area contributed by atoms with E-state index < -0.39 is 5.97 Å². The molecule has 0 amide bonds. The van der Waals surface area contributed by atoms with Crippen LogP contribution in [0.15, 0.2) is 169 Å². The molecule has 0 aliphatic heterocycles. The minimum absolute atomic E-state index is 0.238. The van der Waals surface area contributed by atoms with Gasteiger partial charge in [-0.15, -0.1) is 22.7 Å². The standard InChI is InChI=1S/C64H61N3O2S2/c1-5-7-9-11-21-48-39-62(70-60(48)41-51(43-65)64(68)69)63-49(22-12-10-8-6-2)40-61(71-63)50-37-54(66(52-33-29-44(3)30-34-52)58-27-17-23-46-19-13-15-25-56(46)58)42-55(38-50)67(53-35-31-45(4)32-36-53)59-28-18-24-47-20-14-16-26-57(47)59/h13-20,23-42H,5-12,21-22H2,1-4H3,(H,68,69)/b51-41-. The first kappa shape index (κ1) is 48.8. The van der Waals surface area contributed by atoms with Crippen molar-refractivity contribution < 1.29 is 9.90 Å². The van der Waals surface area contributed by atoms with Crippen LogP contribution in [-0.4, -0.2) is 11.1 Å². The number of carboxylic acids is 1. The first-order valence-electron chi connectivity index (χ1n) is 25.2. The Kier molecular flexibility index (Phi) is 15.6. The van der Waals surface area contributed by atoms with Crippen molar-refractivity contribution in [2.24, 2.45) is 0 Å². The first-order chi connectivity index (χ1) is 34.7. The number of rotatable bonds is 20. The van der Waals surface area contributed by atoms with Crippen LogP contribution in [0.5, 0.6) is 0 Å². The van der Waals surface area contributed by atoms with Gasteiger partial charge in [0.1, 0.15) is 11.6 Å². The van der Waals surface area contributed by atoms with Crippen LogP contribution in [0, 0.1) is 25.2 Å². The van der Waals surface area contributed by atoms with E-state index in [0.29, 0.717) is 0 Å². The van der Waals surface area contributed by atoms with E-state index in [2.05, 4.69) is 201 Å². The second-order valence-corrected chi connectivity index (χ2v) is 20.8. The molecule has 1 N–H and O–H groups in total. The lowest BCUT2D eigenvalue weighted by atomic mass is 10.0. The van der Waals surface area contributed by atoms with E-state index in [1.54, 1.807) is 17.4 Å². The fourth-order valence-corrected chi connectivity index (χ4v) is 12.1. The number of carbonyl (C=O) groups is 1. The van der Waals surface area contributed by atoms with Crippen molar-refractivity contribution in [3.63, 3.8) is 0 Å². The molecular formula is C64H61N3O2S2. The predicted octanol–water partition coefficient (Wildman–Crippen LogP) is 19.2. The number of fused-ring (bicyclic) bond motifs is 2. The van der Waals surface area contributed by atoms with Gasteiger partial charge in [0.25, 0.3) is 0 Å². The van der Waals surface area contributed by atoms with E-state index in [9.17, 15) is 15.2 Å². The fraction of sp³-hybridized carbons (Fsp3) is 0.219. The van der Waals surface area contributed by atoms with Crippen molar-refractivity contribution in [1.29, 1.82) is 5.26 Å². The molecule has 0 atom stereocenters. The van der Waals surface area contributed by atoms with Gasteiger partial charge in [-0.2, -0.15) is 5.26 Å². The largest absolute Gasteiger partial charge is 0.477 e. The molecule has 9 aromatic rings. The molecule has 0 radical (unpaired) electrons. The summed E-state index contributed by atoms with van der Waals surface area (Å²) in [6, 6.07) is 61.9. The van der Waals surface area contributed by atoms with E-state index in [1.165, 1.54) is 38.8 Å². The number of aryl methyl sites for hydroxylation is 4. The topological polar surface area (TPSA) is 67.6 Å². The maximum absolute atomic E-state index is 12.2. The van der Waals surface area contributed by atoms with Crippen LogP contribution in [0.2, 0.25) is 0 Å². The number of anilines is 6. The predicted molar refractivity (Wildman–Crippen MR) is 304 cm³/mol. The lowest BCUT2D eigenvalue weighted by Crippen LogP contribution is -2.14. The Labute approximate surface area is 427 Å². The minimum atomic E-state index is -1.20. The average molecular weight is 968 g/mol. The normalized spacial score (nSPS) is 11.6. The van der Waals surface area contributed by atoms with Gasteiger partial charge in [-0.25, -0.2) is 4.79 Å². The first-order valence-corrected chi connectivity index (χ1v) is 26.8. The molecule has 356 valence electrons.